The van der Waals surface area contributed by atoms with E-state index < -0.39 is 12.1 Å². The lowest BCUT2D eigenvalue weighted by atomic mass is 9.84. The molecule has 2 aliphatic rings. The van der Waals surface area contributed by atoms with Crippen LogP contribution < -0.4 is 0 Å². The first-order chi connectivity index (χ1) is 12.3. The molecular weight excluding hydrogens is 367 g/mol. The van der Waals surface area contributed by atoms with Crippen LogP contribution in [-0.2, 0) is 11.3 Å². The molecule has 1 unspecified atom stereocenters. The van der Waals surface area contributed by atoms with Crippen LogP contribution in [0.2, 0.25) is 0 Å². The molecule has 1 heterocycles. The summed E-state index contributed by atoms with van der Waals surface area (Å²) in [6, 6.07) is 4.33. The van der Waals surface area contributed by atoms with Crippen molar-refractivity contribution in [2.45, 2.75) is 51.2 Å². The van der Waals surface area contributed by atoms with E-state index in [2.05, 4.69) is 22.4 Å². The minimum Gasteiger partial charge on any atom is -0.475 e. The van der Waals surface area contributed by atoms with E-state index in [9.17, 15) is 18.3 Å². The highest BCUT2D eigenvalue weighted by molar-refractivity contribution is 7.09. The predicted molar refractivity (Wildman–Crippen MR) is 94.0 cm³/mol. The molecule has 2 aliphatic carbocycles. The number of rotatable bonds is 6. The maximum absolute atomic E-state index is 10.6. The van der Waals surface area contributed by atoms with Crippen LogP contribution in [0.3, 0.4) is 0 Å². The smallest absolute Gasteiger partial charge is 0.475 e. The number of alkyl halides is 3. The van der Waals surface area contributed by atoms with Gasteiger partial charge in [-0.25, -0.2) is 4.79 Å². The molecule has 1 aromatic rings. The van der Waals surface area contributed by atoms with Gasteiger partial charge in [-0.2, -0.15) is 13.2 Å². The zero-order valence-corrected chi connectivity index (χ0v) is 15.5. The molecule has 0 aromatic carbocycles. The fraction of sp³-hybridized carbons (Fsp3) is 0.722. The molecule has 0 aliphatic heterocycles. The average molecular weight is 393 g/mol. The van der Waals surface area contributed by atoms with Gasteiger partial charge in [-0.1, -0.05) is 25.3 Å². The van der Waals surface area contributed by atoms with Gasteiger partial charge in [-0.3, -0.25) is 4.90 Å². The number of thiophene rings is 1. The highest BCUT2D eigenvalue weighted by Crippen LogP contribution is 2.61. The van der Waals surface area contributed by atoms with E-state index in [-0.39, 0.29) is 6.61 Å². The molecule has 3 rings (SSSR count). The number of carbonyl (C=O) groups is 1. The Balaban J connectivity index is 0.000000298. The Bertz CT molecular complexity index is 557. The maximum Gasteiger partial charge on any atom is 0.490 e. The van der Waals surface area contributed by atoms with Gasteiger partial charge in [0.15, 0.2) is 0 Å². The summed E-state index contributed by atoms with van der Waals surface area (Å²) in [5.41, 5.74) is 0.710. The molecule has 0 radical (unpaired) electrons. The summed E-state index contributed by atoms with van der Waals surface area (Å²) in [6.07, 6.45) is 3.62. The quantitative estimate of drug-likeness (QED) is 0.762. The third-order valence-corrected chi connectivity index (χ3v) is 6.17. The number of aliphatic hydroxyl groups is 1. The van der Waals surface area contributed by atoms with Crippen LogP contribution in [0, 0.1) is 11.3 Å². The average Bonchev–Trinajstić information content (AvgIpc) is 2.97. The minimum absolute atomic E-state index is 0.283. The van der Waals surface area contributed by atoms with Gasteiger partial charge in [0.05, 0.1) is 6.61 Å². The van der Waals surface area contributed by atoms with Crippen molar-refractivity contribution in [1.82, 2.24) is 4.90 Å². The van der Waals surface area contributed by atoms with E-state index >= 15 is 0 Å². The van der Waals surface area contributed by atoms with Crippen molar-refractivity contribution >= 4 is 17.3 Å². The molecule has 2 N–H and O–H groups in total. The van der Waals surface area contributed by atoms with Gasteiger partial charge in [-0.05, 0) is 42.0 Å². The summed E-state index contributed by atoms with van der Waals surface area (Å²) in [5.74, 6) is -1.85. The first kappa shape index (κ1) is 21.2. The summed E-state index contributed by atoms with van der Waals surface area (Å²) in [5, 5.41) is 18.5. The lowest BCUT2D eigenvalue weighted by Crippen LogP contribution is -2.30. The molecule has 4 nitrogen and oxygen atoms in total. The molecule has 2 fully saturated rings. The lowest BCUT2D eigenvalue weighted by Gasteiger charge is -2.26. The van der Waals surface area contributed by atoms with E-state index in [4.69, 9.17) is 9.90 Å². The van der Waals surface area contributed by atoms with Gasteiger partial charge in [0.2, 0.25) is 0 Å². The fourth-order valence-electron chi connectivity index (χ4n) is 3.87. The third kappa shape index (κ3) is 6.25. The SMILES string of the molecule is O=C(O)C(F)(F)F.OCCN(Cc1cccs1)CC1CC12CCCCC2. The van der Waals surface area contributed by atoms with Crippen LogP contribution in [0.25, 0.3) is 0 Å². The zero-order valence-electron chi connectivity index (χ0n) is 14.7. The Hall–Kier alpha value is -1.12. The largest absolute Gasteiger partial charge is 0.490 e. The van der Waals surface area contributed by atoms with Crippen LogP contribution in [0.15, 0.2) is 17.5 Å². The fourth-order valence-corrected chi connectivity index (χ4v) is 4.62. The van der Waals surface area contributed by atoms with Gasteiger partial charge in [0.25, 0.3) is 0 Å². The van der Waals surface area contributed by atoms with E-state index in [0.29, 0.717) is 5.41 Å². The molecule has 0 bridgehead atoms. The number of nitrogens with zero attached hydrogens (tertiary/aromatic N) is 1. The molecule has 148 valence electrons. The third-order valence-electron chi connectivity index (χ3n) is 5.31. The van der Waals surface area contributed by atoms with E-state index in [1.165, 1.54) is 49.9 Å². The number of carboxylic acid groups (broad SMARTS) is 1. The van der Waals surface area contributed by atoms with Crippen molar-refractivity contribution in [2.75, 3.05) is 19.7 Å². The normalized spacial score (nSPS) is 21.3. The topological polar surface area (TPSA) is 60.8 Å². The molecule has 2 saturated carbocycles. The van der Waals surface area contributed by atoms with Crippen LogP contribution in [-0.4, -0.2) is 47.0 Å². The lowest BCUT2D eigenvalue weighted by molar-refractivity contribution is -0.192. The number of carboxylic acids is 1. The van der Waals surface area contributed by atoms with E-state index in [0.717, 1.165) is 19.0 Å². The molecule has 26 heavy (non-hydrogen) atoms. The van der Waals surface area contributed by atoms with Crippen molar-refractivity contribution in [3.63, 3.8) is 0 Å². The predicted octanol–water partition coefficient (Wildman–Crippen LogP) is 4.15. The Morgan fingerprint density at radius 2 is 1.96 bits per heavy atom. The Kier molecular flexibility index (Phi) is 7.49. The van der Waals surface area contributed by atoms with E-state index in [1.54, 1.807) is 0 Å². The first-order valence-corrected chi connectivity index (χ1v) is 9.80. The number of aliphatic hydroxyl groups excluding tert-OH is 1. The van der Waals surface area contributed by atoms with E-state index in [1.807, 2.05) is 11.3 Å². The monoisotopic (exact) mass is 393 g/mol. The van der Waals surface area contributed by atoms with Crippen molar-refractivity contribution in [2.24, 2.45) is 11.3 Å². The molecule has 1 aromatic heterocycles. The number of halogens is 3. The number of aliphatic carboxylic acids is 1. The van der Waals surface area contributed by atoms with Crippen molar-refractivity contribution < 1.29 is 28.2 Å². The van der Waals surface area contributed by atoms with Gasteiger partial charge in [-0.15, -0.1) is 11.3 Å². The molecule has 1 atom stereocenters. The summed E-state index contributed by atoms with van der Waals surface area (Å²) in [6.45, 7) is 3.32. The summed E-state index contributed by atoms with van der Waals surface area (Å²) in [4.78, 5) is 12.8. The molecule has 0 saturated heterocycles. The second-order valence-corrected chi connectivity index (χ2v) is 8.20. The highest BCUT2D eigenvalue weighted by atomic mass is 32.1. The molecule has 8 heteroatoms. The van der Waals surface area contributed by atoms with Gasteiger partial charge in [0.1, 0.15) is 0 Å². The van der Waals surface area contributed by atoms with Gasteiger partial charge >= 0.3 is 12.1 Å². The zero-order chi connectivity index (χ0) is 19.2. The van der Waals surface area contributed by atoms with Gasteiger partial charge in [0, 0.05) is 24.5 Å². The number of hydrogen-bond donors (Lipinski definition) is 2. The van der Waals surface area contributed by atoms with Crippen molar-refractivity contribution in [3.8, 4) is 0 Å². The van der Waals surface area contributed by atoms with Crippen LogP contribution in [0.1, 0.15) is 43.4 Å². The molecular formula is C18H26F3NO3S. The number of hydrogen-bond acceptors (Lipinski definition) is 4. The first-order valence-electron chi connectivity index (χ1n) is 8.92. The van der Waals surface area contributed by atoms with Crippen molar-refractivity contribution in [1.29, 1.82) is 0 Å². The second kappa shape index (κ2) is 9.19. The van der Waals surface area contributed by atoms with Gasteiger partial charge < -0.3 is 10.2 Å². The van der Waals surface area contributed by atoms with Crippen LogP contribution in [0.5, 0.6) is 0 Å². The van der Waals surface area contributed by atoms with Crippen LogP contribution in [0.4, 0.5) is 13.2 Å². The summed E-state index contributed by atoms with van der Waals surface area (Å²) in [7, 11) is 0. The standard InChI is InChI=1S/C16H25NOS.C2HF3O2/c18-9-8-17(13-15-5-4-10-19-15)12-14-11-16(14)6-2-1-3-7-16;3-2(4,5)1(6)7/h4-5,10,14,18H,1-3,6-9,11-13H2;(H,6,7). The molecule has 1 spiro atoms. The second-order valence-electron chi connectivity index (χ2n) is 7.17. The molecule has 0 amide bonds. The Labute approximate surface area is 155 Å². The Morgan fingerprint density at radius 1 is 1.31 bits per heavy atom. The van der Waals surface area contributed by atoms with Crippen molar-refractivity contribution in [3.05, 3.63) is 22.4 Å². The maximum atomic E-state index is 10.6. The highest BCUT2D eigenvalue weighted by Gasteiger charge is 2.53. The Morgan fingerprint density at radius 3 is 2.46 bits per heavy atom. The summed E-state index contributed by atoms with van der Waals surface area (Å²) >= 11 is 1.83. The summed E-state index contributed by atoms with van der Waals surface area (Å²) < 4.78 is 31.7. The van der Waals surface area contributed by atoms with Crippen LogP contribution >= 0.6 is 11.3 Å². The minimum atomic E-state index is -5.08.